The average molecular weight is 260 g/mol. The molecule has 5 nitrogen and oxygen atoms in total. The van der Waals surface area contributed by atoms with Crippen LogP contribution in [0, 0.1) is 6.92 Å². The van der Waals surface area contributed by atoms with Crippen molar-refractivity contribution in [3.8, 4) is 0 Å². The van der Waals surface area contributed by atoms with E-state index in [1.165, 1.54) is 5.56 Å². The molecule has 2 rings (SSSR count). The van der Waals surface area contributed by atoms with Crippen LogP contribution in [0.15, 0.2) is 28.7 Å². The first-order chi connectivity index (χ1) is 9.15. The molecule has 0 aliphatic rings. The molecule has 1 aromatic carbocycles. The van der Waals surface area contributed by atoms with Gasteiger partial charge in [-0.15, -0.1) is 5.10 Å². The molecule has 1 heterocycles. The fraction of sp³-hybridized carbons (Fsp3) is 0.429. The number of rotatable bonds is 5. The molecular weight excluding hydrogens is 240 g/mol. The first-order valence-electron chi connectivity index (χ1n) is 6.50. The number of aromatic nitrogens is 2. The van der Waals surface area contributed by atoms with Crippen molar-refractivity contribution in [2.24, 2.45) is 0 Å². The number of benzene rings is 1. The maximum atomic E-state index is 5.72. The minimum Gasteiger partial charge on any atom is -0.406 e. The van der Waals surface area contributed by atoms with Crippen LogP contribution in [0.1, 0.15) is 31.3 Å². The van der Waals surface area contributed by atoms with E-state index in [4.69, 9.17) is 4.42 Å². The standard InChI is InChI=1S/C14H20N4O/c1-5-18(12-8-6-10(2)7-9-12)14-17-16-13(19-14)11(3)15-4/h6-9,11,15H,5H2,1-4H3. The molecule has 1 unspecified atom stereocenters. The number of nitrogens with one attached hydrogen (secondary N) is 1. The summed E-state index contributed by atoms with van der Waals surface area (Å²) in [6.45, 7) is 6.89. The summed E-state index contributed by atoms with van der Waals surface area (Å²) in [6.07, 6.45) is 0. The van der Waals surface area contributed by atoms with E-state index in [0.717, 1.165) is 12.2 Å². The molecule has 19 heavy (non-hydrogen) atoms. The number of hydrogen-bond acceptors (Lipinski definition) is 5. The highest BCUT2D eigenvalue weighted by Crippen LogP contribution is 2.25. The number of nitrogens with zero attached hydrogens (tertiary/aromatic N) is 3. The Morgan fingerprint density at radius 3 is 2.53 bits per heavy atom. The molecule has 0 radical (unpaired) electrons. The zero-order valence-corrected chi connectivity index (χ0v) is 11.8. The van der Waals surface area contributed by atoms with Crippen molar-refractivity contribution >= 4 is 11.7 Å². The van der Waals surface area contributed by atoms with Gasteiger partial charge in [-0.05, 0) is 40.0 Å². The van der Waals surface area contributed by atoms with Crippen molar-refractivity contribution in [1.29, 1.82) is 0 Å². The Labute approximate surface area is 113 Å². The first-order valence-corrected chi connectivity index (χ1v) is 6.50. The van der Waals surface area contributed by atoms with Crippen LogP contribution in [-0.2, 0) is 0 Å². The Balaban J connectivity index is 2.26. The van der Waals surface area contributed by atoms with Crippen LogP contribution in [0.5, 0.6) is 0 Å². The highest BCUT2D eigenvalue weighted by molar-refractivity contribution is 5.56. The van der Waals surface area contributed by atoms with Crippen LogP contribution in [0.4, 0.5) is 11.7 Å². The third-order valence-corrected chi connectivity index (χ3v) is 3.13. The van der Waals surface area contributed by atoms with Crippen LogP contribution >= 0.6 is 0 Å². The zero-order valence-electron chi connectivity index (χ0n) is 11.8. The van der Waals surface area contributed by atoms with Gasteiger partial charge >= 0.3 is 6.01 Å². The minimum absolute atomic E-state index is 0.0537. The molecule has 1 N–H and O–H groups in total. The summed E-state index contributed by atoms with van der Waals surface area (Å²) >= 11 is 0. The fourth-order valence-corrected chi connectivity index (χ4v) is 1.79. The van der Waals surface area contributed by atoms with Gasteiger partial charge in [0.05, 0.1) is 6.04 Å². The molecule has 0 fully saturated rings. The Hall–Kier alpha value is -1.88. The summed E-state index contributed by atoms with van der Waals surface area (Å²) in [5.74, 6) is 0.600. The van der Waals surface area contributed by atoms with Crippen molar-refractivity contribution in [3.63, 3.8) is 0 Å². The Morgan fingerprint density at radius 2 is 1.95 bits per heavy atom. The predicted molar refractivity (Wildman–Crippen MR) is 75.6 cm³/mol. The molecule has 0 aliphatic heterocycles. The van der Waals surface area contributed by atoms with Gasteiger partial charge in [-0.1, -0.05) is 22.8 Å². The van der Waals surface area contributed by atoms with E-state index < -0.39 is 0 Å². The summed E-state index contributed by atoms with van der Waals surface area (Å²) < 4.78 is 5.72. The number of hydrogen-bond donors (Lipinski definition) is 1. The quantitative estimate of drug-likeness (QED) is 0.896. The van der Waals surface area contributed by atoms with Crippen molar-refractivity contribution in [2.45, 2.75) is 26.8 Å². The lowest BCUT2D eigenvalue weighted by molar-refractivity contribution is 0.435. The Morgan fingerprint density at radius 1 is 1.26 bits per heavy atom. The summed E-state index contributed by atoms with van der Waals surface area (Å²) in [7, 11) is 1.87. The van der Waals surface area contributed by atoms with E-state index in [1.54, 1.807) is 0 Å². The highest BCUT2D eigenvalue weighted by Gasteiger charge is 2.17. The second-order valence-corrected chi connectivity index (χ2v) is 4.51. The summed E-state index contributed by atoms with van der Waals surface area (Å²) in [5.41, 5.74) is 2.29. The number of anilines is 2. The van der Waals surface area contributed by atoms with Crippen molar-refractivity contribution in [3.05, 3.63) is 35.7 Å². The van der Waals surface area contributed by atoms with Gasteiger partial charge < -0.3 is 9.73 Å². The van der Waals surface area contributed by atoms with Crippen LogP contribution in [-0.4, -0.2) is 23.8 Å². The van der Waals surface area contributed by atoms with Crippen molar-refractivity contribution < 1.29 is 4.42 Å². The molecule has 5 heteroatoms. The first kappa shape index (κ1) is 13.5. The van der Waals surface area contributed by atoms with E-state index in [0.29, 0.717) is 11.9 Å². The van der Waals surface area contributed by atoms with E-state index in [2.05, 4.69) is 53.6 Å². The van der Waals surface area contributed by atoms with E-state index >= 15 is 0 Å². The maximum absolute atomic E-state index is 5.72. The Kier molecular flexibility index (Phi) is 4.16. The van der Waals surface area contributed by atoms with Gasteiger partial charge in [0.2, 0.25) is 5.89 Å². The summed E-state index contributed by atoms with van der Waals surface area (Å²) in [4.78, 5) is 2.00. The van der Waals surface area contributed by atoms with Gasteiger partial charge in [0.1, 0.15) is 0 Å². The van der Waals surface area contributed by atoms with E-state index in [1.807, 2.05) is 18.9 Å². The van der Waals surface area contributed by atoms with Crippen molar-refractivity contribution in [2.75, 3.05) is 18.5 Å². The topological polar surface area (TPSA) is 54.2 Å². The molecule has 0 amide bonds. The lowest BCUT2D eigenvalue weighted by atomic mass is 10.2. The number of aryl methyl sites for hydroxylation is 1. The van der Waals surface area contributed by atoms with Gasteiger partial charge in [-0.25, -0.2) is 0 Å². The smallest absolute Gasteiger partial charge is 0.322 e. The largest absolute Gasteiger partial charge is 0.406 e. The van der Waals surface area contributed by atoms with Crippen molar-refractivity contribution in [1.82, 2.24) is 15.5 Å². The van der Waals surface area contributed by atoms with Crippen LogP contribution < -0.4 is 10.2 Å². The predicted octanol–water partition coefficient (Wildman–Crippen LogP) is 2.82. The second-order valence-electron chi connectivity index (χ2n) is 4.51. The molecule has 1 atom stereocenters. The molecule has 0 saturated heterocycles. The molecule has 1 aromatic heterocycles. The average Bonchev–Trinajstić information content (AvgIpc) is 2.90. The molecule has 0 saturated carbocycles. The summed E-state index contributed by atoms with van der Waals surface area (Å²) in [6, 6.07) is 8.85. The van der Waals surface area contributed by atoms with Crippen LogP contribution in [0.2, 0.25) is 0 Å². The lowest BCUT2D eigenvalue weighted by Crippen LogP contribution is -2.16. The third-order valence-electron chi connectivity index (χ3n) is 3.13. The highest BCUT2D eigenvalue weighted by atomic mass is 16.4. The third kappa shape index (κ3) is 2.93. The van der Waals surface area contributed by atoms with Crippen LogP contribution in [0.3, 0.4) is 0 Å². The zero-order chi connectivity index (χ0) is 13.8. The molecule has 102 valence electrons. The normalized spacial score (nSPS) is 12.4. The molecule has 0 spiro atoms. The van der Waals surface area contributed by atoms with Crippen LogP contribution in [0.25, 0.3) is 0 Å². The summed E-state index contributed by atoms with van der Waals surface area (Å²) in [5, 5.41) is 11.3. The maximum Gasteiger partial charge on any atom is 0.322 e. The van der Waals surface area contributed by atoms with E-state index in [-0.39, 0.29) is 6.04 Å². The van der Waals surface area contributed by atoms with Gasteiger partial charge in [0.25, 0.3) is 0 Å². The fourth-order valence-electron chi connectivity index (χ4n) is 1.79. The molecule has 2 aromatic rings. The lowest BCUT2D eigenvalue weighted by Gasteiger charge is -2.18. The Bertz CT molecular complexity index is 520. The van der Waals surface area contributed by atoms with E-state index in [9.17, 15) is 0 Å². The molecular formula is C14H20N4O. The van der Waals surface area contributed by atoms with Gasteiger partial charge in [0, 0.05) is 12.2 Å². The SMILES string of the molecule is CCN(c1ccc(C)cc1)c1nnc(C(C)NC)o1. The van der Waals surface area contributed by atoms with Gasteiger partial charge in [-0.3, -0.25) is 4.90 Å². The molecule has 0 bridgehead atoms. The second kappa shape index (κ2) is 5.84. The van der Waals surface area contributed by atoms with Gasteiger partial charge in [-0.2, -0.15) is 0 Å². The minimum atomic E-state index is 0.0537. The monoisotopic (exact) mass is 260 g/mol. The molecule has 0 aliphatic carbocycles. The van der Waals surface area contributed by atoms with Gasteiger partial charge in [0.15, 0.2) is 0 Å².